The smallest absolute Gasteiger partial charge is 0.00488 e. The van der Waals surface area contributed by atoms with E-state index in [4.69, 9.17) is 0 Å². The highest BCUT2D eigenvalue weighted by molar-refractivity contribution is 5.14. The van der Waals surface area contributed by atoms with Crippen LogP contribution in [0.3, 0.4) is 0 Å². The van der Waals surface area contributed by atoms with Crippen LogP contribution in [0.4, 0.5) is 0 Å². The summed E-state index contributed by atoms with van der Waals surface area (Å²) in [6.45, 7) is 5.11. The number of hydrogen-bond acceptors (Lipinski definition) is 1. The highest BCUT2D eigenvalue weighted by atomic mass is 14.8. The molecule has 0 atom stereocenters. The van der Waals surface area contributed by atoms with Crippen LogP contribution in [-0.4, -0.2) is 13.6 Å². The highest BCUT2D eigenvalue weighted by Crippen LogP contribution is 2.00. The van der Waals surface area contributed by atoms with Crippen LogP contribution in [0.2, 0.25) is 0 Å². The molecule has 1 nitrogen and oxygen atoms in total. The van der Waals surface area contributed by atoms with Crippen molar-refractivity contribution >= 4 is 0 Å². The van der Waals surface area contributed by atoms with Crippen molar-refractivity contribution in [3.8, 4) is 0 Å². The molecule has 1 N–H and O–H groups in total. The lowest BCUT2D eigenvalue weighted by Crippen LogP contribution is -2.08. The number of aryl methyl sites for hydroxylation is 1. The molecule has 0 amide bonds. The molecule has 13 heavy (non-hydrogen) atoms. The molecule has 0 aromatic heterocycles. The van der Waals surface area contributed by atoms with Gasteiger partial charge in [0.05, 0.1) is 0 Å². The third-order valence-electron chi connectivity index (χ3n) is 1.74. The van der Waals surface area contributed by atoms with Crippen LogP contribution in [0.15, 0.2) is 30.3 Å². The fraction of sp³-hybridized carbons (Fsp3) is 0.500. The van der Waals surface area contributed by atoms with Crippen LogP contribution in [0.25, 0.3) is 0 Å². The van der Waals surface area contributed by atoms with Crippen LogP contribution in [-0.2, 0) is 6.42 Å². The second-order valence-electron chi connectivity index (χ2n) is 2.69. The molecule has 0 spiro atoms. The van der Waals surface area contributed by atoms with E-state index < -0.39 is 0 Å². The van der Waals surface area contributed by atoms with Crippen molar-refractivity contribution in [2.75, 3.05) is 13.6 Å². The molecule has 0 unspecified atom stereocenters. The molecule has 0 radical (unpaired) electrons. The SMILES string of the molecule is CC.CNCCCc1ccccc1. The maximum absolute atomic E-state index is 3.14. The van der Waals surface area contributed by atoms with Crippen LogP contribution in [0.1, 0.15) is 25.8 Å². The Kier molecular flexibility index (Phi) is 8.68. The minimum atomic E-state index is 1.11. The molecular formula is C12H21N. The molecule has 0 saturated carbocycles. The third-order valence-corrected chi connectivity index (χ3v) is 1.74. The lowest BCUT2D eigenvalue weighted by Gasteiger charge is -1.99. The summed E-state index contributed by atoms with van der Waals surface area (Å²) in [6, 6.07) is 10.6. The summed E-state index contributed by atoms with van der Waals surface area (Å²) >= 11 is 0. The fourth-order valence-electron chi connectivity index (χ4n) is 1.11. The molecule has 0 heterocycles. The third kappa shape index (κ3) is 6.35. The molecule has 74 valence electrons. The lowest BCUT2D eigenvalue weighted by atomic mass is 10.1. The van der Waals surface area contributed by atoms with Gasteiger partial charge in [-0.25, -0.2) is 0 Å². The summed E-state index contributed by atoms with van der Waals surface area (Å²) in [6.07, 6.45) is 2.40. The van der Waals surface area contributed by atoms with Gasteiger partial charge in [0.2, 0.25) is 0 Å². The minimum absolute atomic E-state index is 1.11. The largest absolute Gasteiger partial charge is 0.320 e. The molecule has 1 heteroatoms. The van der Waals surface area contributed by atoms with Gasteiger partial charge in [0.1, 0.15) is 0 Å². The van der Waals surface area contributed by atoms with E-state index in [1.807, 2.05) is 20.9 Å². The van der Waals surface area contributed by atoms with Gasteiger partial charge in [-0.1, -0.05) is 44.2 Å². The van der Waals surface area contributed by atoms with Crippen LogP contribution >= 0.6 is 0 Å². The Balaban J connectivity index is 0.000000671. The van der Waals surface area contributed by atoms with Crippen LogP contribution in [0, 0.1) is 0 Å². The van der Waals surface area contributed by atoms with E-state index in [9.17, 15) is 0 Å². The van der Waals surface area contributed by atoms with Crippen molar-refractivity contribution in [3.63, 3.8) is 0 Å². The Morgan fingerprint density at radius 2 is 1.69 bits per heavy atom. The molecule has 0 fully saturated rings. The molecular weight excluding hydrogens is 158 g/mol. The molecule has 0 saturated heterocycles. The fourth-order valence-corrected chi connectivity index (χ4v) is 1.11. The first kappa shape index (κ1) is 12.2. The predicted octanol–water partition coefficient (Wildman–Crippen LogP) is 2.86. The summed E-state index contributed by atoms with van der Waals surface area (Å²) in [5.74, 6) is 0. The Morgan fingerprint density at radius 1 is 1.08 bits per heavy atom. The van der Waals surface area contributed by atoms with Crippen LogP contribution < -0.4 is 5.32 Å². The molecule has 0 aliphatic rings. The van der Waals surface area contributed by atoms with Crippen LogP contribution in [0.5, 0.6) is 0 Å². The van der Waals surface area contributed by atoms with Crippen molar-refractivity contribution < 1.29 is 0 Å². The topological polar surface area (TPSA) is 12.0 Å². The van der Waals surface area contributed by atoms with Gasteiger partial charge >= 0.3 is 0 Å². The van der Waals surface area contributed by atoms with Gasteiger partial charge in [-0.2, -0.15) is 0 Å². The quantitative estimate of drug-likeness (QED) is 0.701. The number of nitrogens with one attached hydrogen (secondary N) is 1. The standard InChI is InChI=1S/C10H15N.C2H6/c1-11-9-5-8-10-6-3-2-4-7-10;1-2/h2-4,6-7,11H,5,8-9H2,1H3;1-2H3. The van der Waals surface area contributed by atoms with Crippen molar-refractivity contribution in [1.29, 1.82) is 0 Å². The highest BCUT2D eigenvalue weighted by Gasteiger charge is 1.88. The summed E-state index contributed by atoms with van der Waals surface area (Å²) in [7, 11) is 1.99. The predicted molar refractivity (Wildman–Crippen MR) is 60.0 cm³/mol. The van der Waals surface area contributed by atoms with Crippen molar-refractivity contribution in [2.24, 2.45) is 0 Å². The van der Waals surface area contributed by atoms with Gasteiger partial charge in [-0.3, -0.25) is 0 Å². The van der Waals surface area contributed by atoms with E-state index in [2.05, 4.69) is 35.6 Å². The van der Waals surface area contributed by atoms with Gasteiger partial charge in [0, 0.05) is 0 Å². The van der Waals surface area contributed by atoms with Crippen molar-refractivity contribution in [2.45, 2.75) is 26.7 Å². The van der Waals surface area contributed by atoms with E-state index in [-0.39, 0.29) is 0 Å². The van der Waals surface area contributed by atoms with E-state index in [0.29, 0.717) is 0 Å². The number of hydrogen-bond donors (Lipinski definition) is 1. The Bertz CT molecular complexity index is 182. The molecule has 1 rings (SSSR count). The summed E-state index contributed by atoms with van der Waals surface area (Å²) in [5, 5.41) is 3.14. The van der Waals surface area contributed by atoms with E-state index >= 15 is 0 Å². The first-order chi connectivity index (χ1) is 6.43. The minimum Gasteiger partial charge on any atom is -0.320 e. The average Bonchev–Trinajstić information content (AvgIpc) is 2.23. The lowest BCUT2D eigenvalue weighted by molar-refractivity contribution is 0.725. The molecule has 0 aliphatic carbocycles. The van der Waals surface area contributed by atoms with Gasteiger partial charge in [0.15, 0.2) is 0 Å². The maximum atomic E-state index is 3.14. The summed E-state index contributed by atoms with van der Waals surface area (Å²) in [4.78, 5) is 0. The second-order valence-corrected chi connectivity index (χ2v) is 2.69. The number of benzene rings is 1. The van der Waals surface area contributed by atoms with E-state index in [1.54, 1.807) is 0 Å². The zero-order valence-corrected chi connectivity index (χ0v) is 9.01. The van der Waals surface area contributed by atoms with Gasteiger partial charge < -0.3 is 5.32 Å². The molecule has 0 aliphatic heterocycles. The Morgan fingerprint density at radius 3 is 2.23 bits per heavy atom. The normalized spacial score (nSPS) is 8.85. The van der Waals surface area contributed by atoms with Gasteiger partial charge in [-0.15, -0.1) is 0 Å². The number of rotatable bonds is 4. The zero-order chi connectivity index (χ0) is 9.94. The Hall–Kier alpha value is -0.820. The molecule has 1 aromatic carbocycles. The first-order valence-corrected chi connectivity index (χ1v) is 5.12. The van der Waals surface area contributed by atoms with E-state index in [0.717, 1.165) is 6.54 Å². The van der Waals surface area contributed by atoms with E-state index in [1.165, 1.54) is 18.4 Å². The zero-order valence-electron chi connectivity index (χ0n) is 9.01. The summed E-state index contributed by atoms with van der Waals surface area (Å²) < 4.78 is 0. The average molecular weight is 179 g/mol. The monoisotopic (exact) mass is 179 g/mol. The maximum Gasteiger partial charge on any atom is -0.00488 e. The second kappa shape index (κ2) is 9.27. The van der Waals surface area contributed by atoms with Gasteiger partial charge in [0.25, 0.3) is 0 Å². The van der Waals surface area contributed by atoms with Gasteiger partial charge in [-0.05, 0) is 32.0 Å². The first-order valence-electron chi connectivity index (χ1n) is 5.12. The van der Waals surface area contributed by atoms with Crippen molar-refractivity contribution in [3.05, 3.63) is 35.9 Å². The Labute approximate surface area is 82.2 Å². The summed E-state index contributed by atoms with van der Waals surface area (Å²) in [5.41, 5.74) is 1.43. The molecule has 1 aromatic rings. The van der Waals surface area contributed by atoms with Crippen molar-refractivity contribution in [1.82, 2.24) is 5.32 Å². The molecule has 0 bridgehead atoms.